The first-order valence-corrected chi connectivity index (χ1v) is 10.2. The highest BCUT2D eigenvalue weighted by Gasteiger charge is 2.13. The summed E-state index contributed by atoms with van der Waals surface area (Å²) in [6.45, 7) is 2.06. The topological polar surface area (TPSA) is 45.6 Å². The van der Waals surface area contributed by atoms with Crippen molar-refractivity contribution >= 4 is 46.8 Å². The van der Waals surface area contributed by atoms with Gasteiger partial charge in [0.1, 0.15) is 5.82 Å². The lowest BCUT2D eigenvalue weighted by atomic mass is 10.1. The zero-order chi connectivity index (χ0) is 20.4. The zero-order valence-corrected chi connectivity index (χ0v) is 17.9. The molecule has 3 aromatic carbocycles. The van der Waals surface area contributed by atoms with Crippen LogP contribution in [0, 0.1) is 11.7 Å². The molecule has 4 aromatic rings. The van der Waals surface area contributed by atoms with Crippen molar-refractivity contribution in [2.75, 3.05) is 5.32 Å². The van der Waals surface area contributed by atoms with Crippen LogP contribution in [0.15, 0.2) is 66.7 Å². The van der Waals surface area contributed by atoms with Crippen LogP contribution in [-0.4, -0.2) is 14.8 Å². The molecular formula is C22H18Cl2N4S. The maximum Gasteiger partial charge on any atom is 0.199 e. The SMILES string of the molecule is Cc1ccc(-n2c(Cc3ccccc3Nc3c(Cl)cccc3Cl)n[nH]c2=S)cc1. The van der Waals surface area contributed by atoms with Gasteiger partial charge in [-0.3, -0.25) is 9.67 Å². The number of aromatic nitrogens is 3. The molecule has 7 heteroatoms. The molecule has 0 amide bonds. The monoisotopic (exact) mass is 440 g/mol. The maximum absolute atomic E-state index is 6.33. The highest BCUT2D eigenvalue weighted by molar-refractivity contribution is 7.71. The average Bonchev–Trinajstić information content (AvgIpc) is 3.07. The number of H-pyrrole nitrogens is 1. The van der Waals surface area contributed by atoms with E-state index in [0.717, 1.165) is 22.8 Å². The summed E-state index contributed by atoms with van der Waals surface area (Å²) >= 11 is 18.1. The summed E-state index contributed by atoms with van der Waals surface area (Å²) in [5.74, 6) is 0.818. The largest absolute Gasteiger partial charge is 0.353 e. The van der Waals surface area contributed by atoms with E-state index >= 15 is 0 Å². The number of benzene rings is 3. The summed E-state index contributed by atoms with van der Waals surface area (Å²) < 4.78 is 2.51. The summed E-state index contributed by atoms with van der Waals surface area (Å²) in [7, 11) is 0. The molecular weight excluding hydrogens is 423 g/mol. The quantitative estimate of drug-likeness (QED) is 0.332. The van der Waals surface area contributed by atoms with E-state index in [4.69, 9.17) is 35.4 Å². The smallest absolute Gasteiger partial charge is 0.199 e. The van der Waals surface area contributed by atoms with E-state index in [1.807, 2.05) is 47.0 Å². The summed E-state index contributed by atoms with van der Waals surface area (Å²) in [5.41, 5.74) is 4.80. The van der Waals surface area contributed by atoms with Crippen LogP contribution >= 0.6 is 35.4 Å². The summed E-state index contributed by atoms with van der Waals surface area (Å²) in [6, 6.07) is 21.6. The second-order valence-electron chi connectivity index (χ2n) is 6.67. The fraction of sp³-hybridized carbons (Fsp3) is 0.0909. The molecule has 4 rings (SSSR count). The lowest BCUT2D eigenvalue weighted by Gasteiger charge is -2.15. The van der Waals surface area contributed by atoms with Gasteiger partial charge in [-0.25, -0.2) is 0 Å². The molecule has 1 heterocycles. The van der Waals surface area contributed by atoms with E-state index in [2.05, 4.69) is 34.6 Å². The normalized spacial score (nSPS) is 10.9. The first kappa shape index (κ1) is 19.7. The van der Waals surface area contributed by atoms with Crippen LogP contribution in [0.1, 0.15) is 17.0 Å². The number of aromatic amines is 1. The molecule has 0 aliphatic rings. The molecule has 0 spiro atoms. The molecule has 0 aliphatic carbocycles. The molecule has 4 nitrogen and oxygen atoms in total. The van der Waals surface area contributed by atoms with Gasteiger partial charge in [0.05, 0.1) is 15.7 Å². The molecule has 0 fully saturated rings. The Bertz CT molecular complexity index is 1190. The third-order valence-electron chi connectivity index (χ3n) is 4.62. The second kappa shape index (κ2) is 8.41. The fourth-order valence-electron chi connectivity index (χ4n) is 3.13. The average molecular weight is 441 g/mol. The van der Waals surface area contributed by atoms with Crippen molar-refractivity contribution in [3.63, 3.8) is 0 Å². The molecule has 1 aromatic heterocycles. The summed E-state index contributed by atoms with van der Waals surface area (Å²) in [4.78, 5) is 0. The molecule has 2 N–H and O–H groups in total. The first-order valence-electron chi connectivity index (χ1n) is 9.05. The minimum absolute atomic E-state index is 0.559. The molecule has 0 unspecified atom stereocenters. The van der Waals surface area contributed by atoms with E-state index < -0.39 is 0 Å². The Balaban J connectivity index is 1.70. The van der Waals surface area contributed by atoms with Crippen molar-refractivity contribution in [3.05, 3.63) is 98.5 Å². The Labute approximate surface area is 184 Å². The van der Waals surface area contributed by atoms with E-state index in [0.29, 0.717) is 26.9 Å². The molecule has 0 bridgehead atoms. The number of para-hydroxylation sites is 2. The second-order valence-corrected chi connectivity index (χ2v) is 7.87. The summed E-state index contributed by atoms with van der Waals surface area (Å²) in [5, 5.41) is 11.9. The van der Waals surface area contributed by atoms with E-state index in [1.54, 1.807) is 12.1 Å². The number of nitrogens with one attached hydrogen (secondary N) is 2. The van der Waals surface area contributed by atoms with Gasteiger partial charge in [0.15, 0.2) is 4.77 Å². The molecule has 0 saturated heterocycles. The summed E-state index contributed by atoms with van der Waals surface area (Å²) in [6.07, 6.45) is 0.576. The Morgan fingerprint density at radius 2 is 1.66 bits per heavy atom. The number of aryl methyl sites for hydroxylation is 1. The van der Waals surface area contributed by atoms with Gasteiger partial charge >= 0.3 is 0 Å². The molecule has 0 saturated carbocycles. The van der Waals surface area contributed by atoms with E-state index in [1.165, 1.54) is 5.56 Å². The van der Waals surface area contributed by atoms with Crippen LogP contribution in [0.2, 0.25) is 10.0 Å². The van der Waals surface area contributed by atoms with Crippen LogP contribution in [0.5, 0.6) is 0 Å². The van der Waals surface area contributed by atoms with E-state index in [-0.39, 0.29) is 0 Å². The van der Waals surface area contributed by atoms with Crippen molar-refractivity contribution in [1.29, 1.82) is 0 Å². The molecule has 29 heavy (non-hydrogen) atoms. The number of nitrogens with zero attached hydrogens (tertiary/aromatic N) is 2. The van der Waals surface area contributed by atoms with Gasteiger partial charge in [0.2, 0.25) is 0 Å². The number of hydrogen-bond acceptors (Lipinski definition) is 3. The number of halogens is 2. The van der Waals surface area contributed by atoms with Crippen molar-refractivity contribution in [2.45, 2.75) is 13.3 Å². The number of anilines is 2. The molecule has 0 radical (unpaired) electrons. The zero-order valence-electron chi connectivity index (χ0n) is 15.6. The number of rotatable bonds is 5. The van der Waals surface area contributed by atoms with Crippen LogP contribution in [0.4, 0.5) is 11.4 Å². The molecule has 0 atom stereocenters. The Kier molecular flexibility index (Phi) is 5.72. The lowest BCUT2D eigenvalue weighted by molar-refractivity contribution is 0.902. The van der Waals surface area contributed by atoms with Crippen LogP contribution in [0.25, 0.3) is 5.69 Å². The van der Waals surface area contributed by atoms with Crippen molar-refractivity contribution in [3.8, 4) is 5.69 Å². The van der Waals surface area contributed by atoms with Crippen molar-refractivity contribution in [2.24, 2.45) is 0 Å². The van der Waals surface area contributed by atoms with Gasteiger partial charge in [0, 0.05) is 17.8 Å². The Morgan fingerprint density at radius 1 is 0.966 bits per heavy atom. The van der Waals surface area contributed by atoms with Crippen LogP contribution in [-0.2, 0) is 6.42 Å². The van der Waals surface area contributed by atoms with Gasteiger partial charge in [0.25, 0.3) is 0 Å². The highest BCUT2D eigenvalue weighted by atomic mass is 35.5. The van der Waals surface area contributed by atoms with E-state index in [9.17, 15) is 0 Å². The Morgan fingerprint density at radius 3 is 2.38 bits per heavy atom. The van der Waals surface area contributed by atoms with Gasteiger partial charge in [-0.15, -0.1) is 0 Å². The fourth-order valence-corrected chi connectivity index (χ4v) is 3.88. The third-order valence-corrected chi connectivity index (χ3v) is 5.53. The van der Waals surface area contributed by atoms with Crippen molar-refractivity contribution in [1.82, 2.24) is 14.8 Å². The number of hydrogen-bond donors (Lipinski definition) is 2. The van der Waals surface area contributed by atoms with Crippen LogP contribution in [0.3, 0.4) is 0 Å². The lowest BCUT2D eigenvalue weighted by Crippen LogP contribution is -2.05. The van der Waals surface area contributed by atoms with Crippen LogP contribution < -0.4 is 5.32 Å². The predicted octanol–water partition coefficient (Wildman–Crippen LogP) is 6.88. The minimum Gasteiger partial charge on any atom is -0.353 e. The predicted molar refractivity (Wildman–Crippen MR) is 122 cm³/mol. The van der Waals surface area contributed by atoms with Gasteiger partial charge < -0.3 is 5.32 Å². The van der Waals surface area contributed by atoms with Gasteiger partial charge in [-0.1, -0.05) is 65.2 Å². The third kappa shape index (κ3) is 4.22. The van der Waals surface area contributed by atoms with Gasteiger partial charge in [-0.05, 0) is 55.0 Å². The van der Waals surface area contributed by atoms with Gasteiger partial charge in [-0.2, -0.15) is 5.10 Å². The Hall–Kier alpha value is -2.60. The molecule has 0 aliphatic heterocycles. The molecule has 146 valence electrons. The standard InChI is InChI=1S/C22H18Cl2N4S/c1-14-9-11-16(12-10-14)28-20(26-27-22(28)29)13-15-5-2-3-8-19(15)25-21-17(23)6-4-7-18(21)24/h2-12,25H,13H2,1H3,(H,27,29). The first-order chi connectivity index (χ1) is 14.0. The van der Waals surface area contributed by atoms with Crippen molar-refractivity contribution < 1.29 is 0 Å². The highest BCUT2D eigenvalue weighted by Crippen LogP contribution is 2.34. The minimum atomic E-state index is 0.559. The maximum atomic E-state index is 6.33.